The van der Waals surface area contributed by atoms with Crippen molar-refractivity contribution in [1.29, 1.82) is 0 Å². The zero-order chi connectivity index (χ0) is 17.2. The molecule has 6 nitrogen and oxygen atoms in total. The second-order valence-corrected chi connectivity index (χ2v) is 6.49. The van der Waals surface area contributed by atoms with Gasteiger partial charge in [-0.25, -0.2) is 9.97 Å². The normalized spacial score (nSPS) is 15.5. The molecular formula is C19H21N5O. The maximum Gasteiger partial charge on any atom is 0.253 e. The van der Waals surface area contributed by atoms with Gasteiger partial charge in [0.15, 0.2) is 11.6 Å². The summed E-state index contributed by atoms with van der Waals surface area (Å²) in [7, 11) is 0. The maximum atomic E-state index is 12.6. The minimum absolute atomic E-state index is 0.121. The lowest BCUT2D eigenvalue weighted by molar-refractivity contribution is 0.0695. The highest BCUT2D eigenvalue weighted by molar-refractivity contribution is 5.94. The number of nitrogens with one attached hydrogen (secondary N) is 1. The topological polar surface area (TPSA) is 66.8 Å². The van der Waals surface area contributed by atoms with Gasteiger partial charge in [-0.05, 0) is 31.9 Å². The van der Waals surface area contributed by atoms with Crippen LogP contribution in [0.2, 0.25) is 0 Å². The van der Waals surface area contributed by atoms with Crippen molar-refractivity contribution in [2.24, 2.45) is 0 Å². The van der Waals surface area contributed by atoms with Gasteiger partial charge in [-0.3, -0.25) is 4.79 Å². The van der Waals surface area contributed by atoms with Crippen LogP contribution in [0.15, 0.2) is 49.1 Å². The number of carbonyl (C=O) groups is 1. The number of piperidine rings is 1. The van der Waals surface area contributed by atoms with Crippen molar-refractivity contribution >= 4 is 5.91 Å². The molecule has 0 unspecified atom stereocenters. The largest absolute Gasteiger partial charge is 0.342 e. The number of benzene rings is 1. The third-order valence-electron chi connectivity index (χ3n) is 4.82. The number of hydrogen-bond donors (Lipinski definition) is 1. The van der Waals surface area contributed by atoms with Crippen LogP contribution >= 0.6 is 0 Å². The number of imidazole rings is 2. The molecule has 0 spiro atoms. The number of nitrogens with zero attached hydrogens (tertiary/aromatic N) is 4. The lowest BCUT2D eigenvalue weighted by Gasteiger charge is -2.33. The molecule has 1 amide bonds. The number of aromatic amines is 1. The molecule has 6 heteroatoms. The van der Waals surface area contributed by atoms with Crippen molar-refractivity contribution in [3.05, 3.63) is 60.2 Å². The van der Waals surface area contributed by atoms with Gasteiger partial charge in [0, 0.05) is 49.5 Å². The van der Waals surface area contributed by atoms with E-state index in [2.05, 4.69) is 19.5 Å². The fourth-order valence-corrected chi connectivity index (χ4v) is 3.40. The van der Waals surface area contributed by atoms with E-state index in [1.807, 2.05) is 48.5 Å². The van der Waals surface area contributed by atoms with Gasteiger partial charge in [0.05, 0.1) is 0 Å². The predicted molar refractivity (Wildman–Crippen MR) is 95.2 cm³/mol. The molecule has 3 heterocycles. The van der Waals surface area contributed by atoms with Gasteiger partial charge in [0.1, 0.15) is 0 Å². The number of aromatic nitrogens is 4. The van der Waals surface area contributed by atoms with Crippen LogP contribution in [0.5, 0.6) is 0 Å². The molecule has 1 aromatic carbocycles. The fraction of sp³-hybridized carbons (Fsp3) is 0.316. The Morgan fingerprint density at radius 2 is 1.88 bits per heavy atom. The number of carbonyl (C=O) groups excluding carboxylic acids is 1. The maximum absolute atomic E-state index is 12.6. The van der Waals surface area contributed by atoms with Crippen molar-refractivity contribution in [3.63, 3.8) is 0 Å². The van der Waals surface area contributed by atoms with Crippen LogP contribution in [0, 0.1) is 6.92 Å². The highest BCUT2D eigenvalue weighted by Gasteiger charge is 2.26. The molecule has 1 aliphatic rings. The van der Waals surface area contributed by atoms with Crippen LogP contribution in [0.1, 0.15) is 34.8 Å². The second kappa shape index (κ2) is 6.55. The molecule has 1 saturated heterocycles. The number of H-pyrrole nitrogens is 1. The Morgan fingerprint density at radius 1 is 1.12 bits per heavy atom. The summed E-state index contributed by atoms with van der Waals surface area (Å²) >= 11 is 0. The van der Waals surface area contributed by atoms with Crippen molar-refractivity contribution in [3.8, 4) is 11.6 Å². The molecule has 1 fully saturated rings. The SMILES string of the molecule is Cc1ccc(C(=O)N2CCC(n3ccnc3-c3ncc[nH]3)CC2)cc1. The number of likely N-dealkylation sites (tertiary alicyclic amines) is 1. The van der Waals surface area contributed by atoms with Crippen LogP contribution in [-0.4, -0.2) is 43.4 Å². The van der Waals surface area contributed by atoms with Crippen LogP contribution in [0.3, 0.4) is 0 Å². The minimum Gasteiger partial charge on any atom is -0.342 e. The zero-order valence-electron chi connectivity index (χ0n) is 14.2. The Labute approximate surface area is 146 Å². The van der Waals surface area contributed by atoms with E-state index >= 15 is 0 Å². The summed E-state index contributed by atoms with van der Waals surface area (Å²) in [5.74, 6) is 1.76. The summed E-state index contributed by atoms with van der Waals surface area (Å²) in [5.41, 5.74) is 1.93. The third-order valence-corrected chi connectivity index (χ3v) is 4.82. The molecule has 4 rings (SSSR count). The molecular weight excluding hydrogens is 314 g/mol. The number of rotatable bonds is 3. The Morgan fingerprint density at radius 3 is 2.56 bits per heavy atom. The molecule has 25 heavy (non-hydrogen) atoms. The van der Waals surface area contributed by atoms with E-state index in [0.29, 0.717) is 6.04 Å². The highest BCUT2D eigenvalue weighted by atomic mass is 16.2. The quantitative estimate of drug-likeness (QED) is 0.800. The lowest BCUT2D eigenvalue weighted by Crippen LogP contribution is -2.39. The summed E-state index contributed by atoms with van der Waals surface area (Å²) in [6.07, 6.45) is 9.18. The van der Waals surface area contributed by atoms with Gasteiger partial charge in [-0.15, -0.1) is 0 Å². The lowest BCUT2D eigenvalue weighted by atomic mass is 10.0. The Balaban J connectivity index is 1.45. The van der Waals surface area contributed by atoms with E-state index in [9.17, 15) is 4.79 Å². The molecule has 0 bridgehead atoms. The first-order valence-corrected chi connectivity index (χ1v) is 8.61. The minimum atomic E-state index is 0.121. The molecule has 0 radical (unpaired) electrons. The van der Waals surface area contributed by atoms with Crippen LogP contribution in [0.4, 0.5) is 0 Å². The molecule has 128 valence electrons. The van der Waals surface area contributed by atoms with Crippen molar-refractivity contribution in [2.45, 2.75) is 25.8 Å². The Kier molecular flexibility index (Phi) is 4.09. The average Bonchev–Trinajstić information content (AvgIpc) is 3.33. The van der Waals surface area contributed by atoms with Crippen molar-refractivity contribution < 1.29 is 4.79 Å². The van der Waals surface area contributed by atoms with E-state index in [-0.39, 0.29) is 5.91 Å². The first kappa shape index (κ1) is 15.6. The van der Waals surface area contributed by atoms with Crippen molar-refractivity contribution in [1.82, 2.24) is 24.4 Å². The van der Waals surface area contributed by atoms with E-state index in [1.165, 1.54) is 5.56 Å². The van der Waals surface area contributed by atoms with Gasteiger partial charge >= 0.3 is 0 Å². The Bertz CT molecular complexity index is 842. The summed E-state index contributed by atoms with van der Waals surface area (Å²) in [6, 6.07) is 8.13. The fourth-order valence-electron chi connectivity index (χ4n) is 3.40. The molecule has 0 saturated carbocycles. The van der Waals surface area contributed by atoms with Gasteiger partial charge < -0.3 is 14.5 Å². The summed E-state index contributed by atoms with van der Waals surface area (Å²) < 4.78 is 2.17. The summed E-state index contributed by atoms with van der Waals surface area (Å²) in [4.78, 5) is 26.4. The van der Waals surface area contributed by atoms with E-state index in [0.717, 1.165) is 43.1 Å². The summed E-state index contributed by atoms with van der Waals surface area (Å²) in [5, 5.41) is 0. The number of hydrogen-bond acceptors (Lipinski definition) is 3. The highest BCUT2D eigenvalue weighted by Crippen LogP contribution is 2.27. The third kappa shape index (κ3) is 3.07. The molecule has 1 aliphatic heterocycles. The first-order valence-electron chi connectivity index (χ1n) is 8.61. The summed E-state index contributed by atoms with van der Waals surface area (Å²) in [6.45, 7) is 3.54. The zero-order valence-corrected chi connectivity index (χ0v) is 14.2. The van der Waals surface area contributed by atoms with Crippen molar-refractivity contribution in [2.75, 3.05) is 13.1 Å². The van der Waals surface area contributed by atoms with Crippen LogP contribution in [0.25, 0.3) is 11.6 Å². The van der Waals surface area contributed by atoms with E-state index < -0.39 is 0 Å². The smallest absolute Gasteiger partial charge is 0.253 e. The van der Waals surface area contributed by atoms with Gasteiger partial charge in [-0.1, -0.05) is 17.7 Å². The van der Waals surface area contributed by atoms with Gasteiger partial charge in [-0.2, -0.15) is 0 Å². The molecule has 2 aromatic heterocycles. The standard InChI is InChI=1S/C19H21N5O/c1-14-2-4-15(5-3-14)19(25)23-11-6-16(7-12-23)24-13-10-22-18(24)17-20-8-9-21-17/h2-5,8-10,13,16H,6-7,11-12H2,1H3,(H,20,21). The van der Waals surface area contributed by atoms with Gasteiger partial charge in [0.2, 0.25) is 0 Å². The predicted octanol–water partition coefficient (Wildman–Crippen LogP) is 3.06. The van der Waals surface area contributed by atoms with Crippen LogP contribution in [-0.2, 0) is 0 Å². The molecule has 1 N–H and O–H groups in total. The molecule has 0 aliphatic carbocycles. The first-order chi connectivity index (χ1) is 12.2. The average molecular weight is 335 g/mol. The molecule has 0 atom stereocenters. The number of aryl methyl sites for hydroxylation is 1. The van der Waals surface area contributed by atoms with Gasteiger partial charge in [0.25, 0.3) is 5.91 Å². The van der Waals surface area contributed by atoms with E-state index in [1.54, 1.807) is 12.4 Å². The molecule has 3 aromatic rings. The Hall–Kier alpha value is -2.89. The van der Waals surface area contributed by atoms with E-state index in [4.69, 9.17) is 0 Å². The monoisotopic (exact) mass is 335 g/mol. The number of amides is 1. The van der Waals surface area contributed by atoms with Crippen LogP contribution < -0.4 is 0 Å². The second-order valence-electron chi connectivity index (χ2n) is 6.49.